The molecule has 1 rings (SSSR count). The Morgan fingerprint density at radius 3 is 2.35 bits per heavy atom. The van der Waals surface area contributed by atoms with Crippen molar-refractivity contribution in [2.75, 3.05) is 20.3 Å². The van der Waals surface area contributed by atoms with Gasteiger partial charge in [0.25, 0.3) is 0 Å². The van der Waals surface area contributed by atoms with Crippen LogP contribution in [0.25, 0.3) is 0 Å². The molecule has 3 N–H and O–H groups in total. The highest BCUT2D eigenvalue weighted by molar-refractivity contribution is 5.85. The molecule has 23 heavy (non-hydrogen) atoms. The lowest BCUT2D eigenvalue weighted by molar-refractivity contribution is -0.131. The number of halogens is 1. The zero-order chi connectivity index (χ0) is 16.6. The van der Waals surface area contributed by atoms with Gasteiger partial charge in [0.1, 0.15) is 0 Å². The maximum absolute atomic E-state index is 12.4. The Hall–Kier alpha value is -1.46. The van der Waals surface area contributed by atoms with Gasteiger partial charge in [0, 0.05) is 13.1 Å². The largest absolute Gasteiger partial charge is 0.493 e. The van der Waals surface area contributed by atoms with E-state index < -0.39 is 5.41 Å². The topological polar surface area (TPSA) is 73.6 Å². The van der Waals surface area contributed by atoms with Gasteiger partial charge in [-0.1, -0.05) is 19.9 Å². The Bertz CT molecular complexity index is 482. The smallest absolute Gasteiger partial charge is 0.227 e. The first kappa shape index (κ1) is 21.5. The van der Waals surface area contributed by atoms with Gasteiger partial charge in [-0.25, -0.2) is 0 Å². The van der Waals surface area contributed by atoms with Crippen LogP contribution in [0.5, 0.6) is 11.5 Å². The molecule has 0 saturated carbocycles. The van der Waals surface area contributed by atoms with Gasteiger partial charge in [-0.15, -0.1) is 12.4 Å². The van der Waals surface area contributed by atoms with E-state index in [1.54, 1.807) is 7.11 Å². The van der Waals surface area contributed by atoms with Gasteiger partial charge in [0.15, 0.2) is 11.5 Å². The summed E-state index contributed by atoms with van der Waals surface area (Å²) in [6.45, 7) is 7.31. The van der Waals surface area contributed by atoms with Gasteiger partial charge in [-0.2, -0.15) is 0 Å². The van der Waals surface area contributed by atoms with Crippen molar-refractivity contribution >= 4 is 18.3 Å². The monoisotopic (exact) mass is 344 g/mol. The predicted octanol–water partition coefficient (Wildman–Crippen LogP) is 2.90. The molecule has 1 aromatic rings. The van der Waals surface area contributed by atoms with E-state index in [-0.39, 0.29) is 18.3 Å². The van der Waals surface area contributed by atoms with E-state index in [0.717, 1.165) is 18.4 Å². The van der Waals surface area contributed by atoms with E-state index in [0.29, 0.717) is 31.2 Å². The number of ether oxygens (including phenoxy) is 2. The highest BCUT2D eigenvalue weighted by Crippen LogP contribution is 2.28. The molecule has 0 aliphatic rings. The molecule has 0 spiro atoms. The third-order valence-corrected chi connectivity index (χ3v) is 4.21. The molecule has 0 saturated heterocycles. The number of nitrogens with one attached hydrogen (secondary N) is 1. The first-order valence-electron chi connectivity index (χ1n) is 7.84. The van der Waals surface area contributed by atoms with E-state index in [1.165, 1.54) is 0 Å². The fourth-order valence-corrected chi connectivity index (χ4v) is 2.42. The first-order valence-corrected chi connectivity index (χ1v) is 7.84. The molecule has 5 nitrogen and oxygen atoms in total. The quantitative estimate of drug-likeness (QED) is 0.722. The summed E-state index contributed by atoms with van der Waals surface area (Å²) in [6, 6.07) is 5.67. The molecule has 0 aromatic heterocycles. The minimum atomic E-state index is -0.477. The Balaban J connectivity index is 0.00000484. The van der Waals surface area contributed by atoms with Crippen molar-refractivity contribution in [3.8, 4) is 11.5 Å². The van der Waals surface area contributed by atoms with E-state index >= 15 is 0 Å². The summed E-state index contributed by atoms with van der Waals surface area (Å²) in [6.07, 6.45) is 1.47. The summed E-state index contributed by atoms with van der Waals surface area (Å²) < 4.78 is 10.8. The van der Waals surface area contributed by atoms with Crippen LogP contribution in [0.15, 0.2) is 18.2 Å². The maximum Gasteiger partial charge on any atom is 0.227 e. The molecule has 0 aliphatic carbocycles. The SMILES string of the molecule is CCOc1ccc(CNC(=O)C(CC)(CC)CN)cc1OC.Cl. The Labute approximate surface area is 145 Å². The van der Waals surface area contributed by atoms with Crippen molar-refractivity contribution in [2.24, 2.45) is 11.1 Å². The summed E-state index contributed by atoms with van der Waals surface area (Å²) >= 11 is 0. The maximum atomic E-state index is 12.4. The first-order chi connectivity index (χ1) is 10.6. The number of hydrogen-bond acceptors (Lipinski definition) is 4. The van der Waals surface area contributed by atoms with Crippen LogP contribution in [0, 0.1) is 5.41 Å². The van der Waals surface area contributed by atoms with Crippen LogP contribution in [0.4, 0.5) is 0 Å². The number of rotatable bonds is 9. The molecule has 0 atom stereocenters. The van der Waals surface area contributed by atoms with Crippen molar-refractivity contribution in [1.82, 2.24) is 5.32 Å². The van der Waals surface area contributed by atoms with Crippen LogP contribution in [0.3, 0.4) is 0 Å². The predicted molar refractivity (Wildman–Crippen MR) is 95.3 cm³/mol. The zero-order valence-electron chi connectivity index (χ0n) is 14.5. The Morgan fingerprint density at radius 2 is 1.87 bits per heavy atom. The molecule has 0 heterocycles. The molecule has 0 bridgehead atoms. The fourth-order valence-electron chi connectivity index (χ4n) is 2.42. The third-order valence-electron chi connectivity index (χ3n) is 4.21. The lowest BCUT2D eigenvalue weighted by atomic mass is 9.81. The molecule has 6 heteroatoms. The molecule has 0 aliphatic heterocycles. The average Bonchev–Trinajstić information content (AvgIpc) is 2.56. The van der Waals surface area contributed by atoms with Gasteiger partial charge < -0.3 is 20.5 Å². The highest BCUT2D eigenvalue weighted by Gasteiger charge is 2.32. The Morgan fingerprint density at radius 1 is 1.22 bits per heavy atom. The van der Waals surface area contributed by atoms with E-state index in [1.807, 2.05) is 39.0 Å². The lowest BCUT2D eigenvalue weighted by Crippen LogP contribution is -2.45. The van der Waals surface area contributed by atoms with Crippen LogP contribution < -0.4 is 20.5 Å². The van der Waals surface area contributed by atoms with Gasteiger partial charge in [0.05, 0.1) is 19.1 Å². The van der Waals surface area contributed by atoms with Crippen molar-refractivity contribution in [2.45, 2.75) is 40.2 Å². The van der Waals surface area contributed by atoms with Crippen molar-refractivity contribution in [1.29, 1.82) is 0 Å². The second kappa shape index (κ2) is 10.3. The summed E-state index contributed by atoms with van der Waals surface area (Å²) in [5, 5.41) is 2.98. The van der Waals surface area contributed by atoms with Crippen LogP contribution in [-0.2, 0) is 11.3 Å². The van der Waals surface area contributed by atoms with Crippen LogP contribution in [0.2, 0.25) is 0 Å². The number of carbonyl (C=O) groups excluding carboxylic acids is 1. The molecular formula is C17H29ClN2O3. The molecule has 0 fully saturated rings. The fraction of sp³-hybridized carbons (Fsp3) is 0.588. The minimum absolute atomic E-state index is 0. The van der Waals surface area contributed by atoms with Crippen molar-refractivity contribution in [3.05, 3.63) is 23.8 Å². The van der Waals surface area contributed by atoms with E-state index in [2.05, 4.69) is 5.32 Å². The van der Waals surface area contributed by atoms with Crippen LogP contribution in [-0.4, -0.2) is 26.2 Å². The molecule has 1 aromatic carbocycles. The van der Waals surface area contributed by atoms with Crippen molar-refractivity contribution in [3.63, 3.8) is 0 Å². The summed E-state index contributed by atoms with van der Waals surface area (Å²) in [5.74, 6) is 1.39. The summed E-state index contributed by atoms with van der Waals surface area (Å²) in [7, 11) is 1.60. The molecular weight excluding hydrogens is 316 g/mol. The zero-order valence-corrected chi connectivity index (χ0v) is 15.3. The van der Waals surface area contributed by atoms with E-state index in [4.69, 9.17) is 15.2 Å². The number of carbonyl (C=O) groups is 1. The molecule has 1 amide bonds. The average molecular weight is 345 g/mol. The normalized spacial score (nSPS) is 10.7. The standard InChI is InChI=1S/C17H28N2O3.ClH/c1-5-17(6-2,12-18)16(20)19-11-13-8-9-14(22-7-3)15(10-13)21-4;/h8-10H,5-7,11-12,18H2,1-4H3,(H,19,20);1H. The van der Waals surface area contributed by atoms with Crippen LogP contribution >= 0.6 is 12.4 Å². The molecule has 0 unspecified atom stereocenters. The second-order valence-corrected chi connectivity index (χ2v) is 5.29. The number of benzene rings is 1. The van der Waals surface area contributed by atoms with Gasteiger partial charge >= 0.3 is 0 Å². The number of methoxy groups -OCH3 is 1. The summed E-state index contributed by atoms with van der Waals surface area (Å²) in [4.78, 5) is 12.4. The molecule has 0 radical (unpaired) electrons. The minimum Gasteiger partial charge on any atom is -0.493 e. The van der Waals surface area contributed by atoms with Gasteiger partial charge in [-0.05, 0) is 37.5 Å². The lowest BCUT2D eigenvalue weighted by Gasteiger charge is -2.28. The van der Waals surface area contributed by atoms with Crippen LogP contribution in [0.1, 0.15) is 39.2 Å². The van der Waals surface area contributed by atoms with Gasteiger partial charge in [-0.3, -0.25) is 4.79 Å². The highest BCUT2D eigenvalue weighted by atomic mass is 35.5. The number of nitrogens with two attached hydrogens (primary N) is 1. The van der Waals surface area contributed by atoms with Crippen molar-refractivity contribution < 1.29 is 14.3 Å². The van der Waals surface area contributed by atoms with Gasteiger partial charge in [0.2, 0.25) is 5.91 Å². The Kier molecular flexibility index (Phi) is 9.68. The number of hydrogen-bond donors (Lipinski definition) is 2. The van der Waals surface area contributed by atoms with E-state index in [9.17, 15) is 4.79 Å². The second-order valence-electron chi connectivity index (χ2n) is 5.29. The third kappa shape index (κ3) is 5.29. The molecule has 132 valence electrons. The summed E-state index contributed by atoms with van der Waals surface area (Å²) in [5.41, 5.74) is 6.29. The number of amides is 1.